The number of aliphatic hydroxyl groups excluding tert-OH is 1. The molecule has 20 heavy (non-hydrogen) atoms. The van der Waals surface area contributed by atoms with Gasteiger partial charge in [0, 0.05) is 26.2 Å². The van der Waals surface area contributed by atoms with Gasteiger partial charge in [0.1, 0.15) is 0 Å². The van der Waals surface area contributed by atoms with Crippen LogP contribution >= 0.6 is 0 Å². The summed E-state index contributed by atoms with van der Waals surface area (Å²) < 4.78 is 16.3. The van der Waals surface area contributed by atoms with Crippen molar-refractivity contribution in [1.29, 1.82) is 0 Å². The van der Waals surface area contributed by atoms with Gasteiger partial charge in [0.25, 0.3) is 0 Å². The summed E-state index contributed by atoms with van der Waals surface area (Å²) in [6.45, 7) is 9.40. The molecule has 6 nitrogen and oxygen atoms in total. The minimum absolute atomic E-state index is 0.210. The zero-order valence-electron chi connectivity index (χ0n) is 13.0. The highest BCUT2D eigenvalue weighted by Crippen LogP contribution is 2.01. The molecule has 1 heterocycles. The molecule has 0 saturated carbocycles. The summed E-state index contributed by atoms with van der Waals surface area (Å²) in [5.41, 5.74) is 0. The van der Waals surface area contributed by atoms with Crippen molar-refractivity contribution in [3.63, 3.8) is 0 Å². The molecule has 0 aliphatic carbocycles. The van der Waals surface area contributed by atoms with Gasteiger partial charge in [0.15, 0.2) is 0 Å². The van der Waals surface area contributed by atoms with Gasteiger partial charge in [0.2, 0.25) is 0 Å². The van der Waals surface area contributed by atoms with Gasteiger partial charge in [0.05, 0.1) is 44.7 Å². The maximum atomic E-state index is 9.76. The summed E-state index contributed by atoms with van der Waals surface area (Å²) >= 11 is 0. The number of hydrogen-bond acceptors (Lipinski definition) is 6. The molecular weight excluding hydrogens is 260 g/mol. The number of hydrogen-bond donors (Lipinski definition) is 2. The fourth-order valence-electron chi connectivity index (χ4n) is 2.02. The second-order valence-corrected chi connectivity index (χ2v) is 5.56. The van der Waals surface area contributed by atoms with E-state index in [2.05, 4.69) is 17.3 Å². The van der Waals surface area contributed by atoms with Gasteiger partial charge in [-0.05, 0) is 20.9 Å². The molecule has 0 aromatic carbocycles. The van der Waals surface area contributed by atoms with E-state index < -0.39 is 6.10 Å². The number of morpholine rings is 1. The van der Waals surface area contributed by atoms with Crippen LogP contribution in [0.4, 0.5) is 0 Å². The average molecular weight is 290 g/mol. The van der Waals surface area contributed by atoms with E-state index in [0.717, 1.165) is 26.2 Å². The quantitative estimate of drug-likeness (QED) is 0.539. The fraction of sp³-hybridized carbons (Fsp3) is 1.00. The number of nitrogens with one attached hydrogen (secondary N) is 1. The van der Waals surface area contributed by atoms with Crippen molar-refractivity contribution >= 4 is 0 Å². The Hall–Kier alpha value is -0.240. The molecule has 0 radical (unpaired) electrons. The van der Waals surface area contributed by atoms with Crippen LogP contribution in [0.5, 0.6) is 0 Å². The van der Waals surface area contributed by atoms with Gasteiger partial charge in [-0.15, -0.1) is 0 Å². The molecule has 0 aromatic rings. The Morgan fingerprint density at radius 2 is 2.20 bits per heavy atom. The summed E-state index contributed by atoms with van der Waals surface area (Å²) in [4.78, 5) is 2.25. The minimum atomic E-state index is -0.490. The summed E-state index contributed by atoms with van der Waals surface area (Å²) in [7, 11) is 2.09. The lowest BCUT2D eigenvalue weighted by Crippen LogP contribution is -2.46. The average Bonchev–Trinajstić information content (AvgIpc) is 2.38. The molecule has 0 aromatic heterocycles. The van der Waals surface area contributed by atoms with Crippen molar-refractivity contribution in [3.05, 3.63) is 0 Å². The second-order valence-electron chi connectivity index (χ2n) is 5.56. The van der Waals surface area contributed by atoms with Crippen LogP contribution in [0.25, 0.3) is 0 Å². The van der Waals surface area contributed by atoms with E-state index in [1.165, 1.54) is 0 Å². The third-order valence-corrected chi connectivity index (χ3v) is 3.08. The van der Waals surface area contributed by atoms with Gasteiger partial charge in [-0.3, -0.25) is 0 Å². The summed E-state index contributed by atoms with van der Waals surface area (Å²) in [6, 6.07) is 0. The van der Waals surface area contributed by atoms with Crippen molar-refractivity contribution in [3.8, 4) is 0 Å². The van der Waals surface area contributed by atoms with E-state index in [1.807, 2.05) is 13.8 Å². The largest absolute Gasteiger partial charge is 0.389 e. The first-order chi connectivity index (χ1) is 9.58. The van der Waals surface area contributed by atoms with Gasteiger partial charge in [-0.2, -0.15) is 0 Å². The predicted octanol–water partition coefficient (Wildman–Crippen LogP) is -0.291. The van der Waals surface area contributed by atoms with E-state index in [4.69, 9.17) is 14.2 Å². The molecule has 6 heteroatoms. The third-order valence-electron chi connectivity index (χ3n) is 3.08. The zero-order chi connectivity index (χ0) is 14.8. The molecule has 2 unspecified atom stereocenters. The lowest BCUT2D eigenvalue weighted by atomic mass is 10.2. The first-order valence-electron chi connectivity index (χ1n) is 7.46. The van der Waals surface area contributed by atoms with Crippen molar-refractivity contribution in [1.82, 2.24) is 10.2 Å². The second kappa shape index (κ2) is 10.5. The van der Waals surface area contributed by atoms with E-state index in [9.17, 15) is 5.11 Å². The van der Waals surface area contributed by atoms with E-state index in [1.54, 1.807) is 0 Å². The fourth-order valence-corrected chi connectivity index (χ4v) is 2.02. The molecule has 0 bridgehead atoms. The maximum Gasteiger partial charge on any atom is 0.0897 e. The topological polar surface area (TPSA) is 63.2 Å². The summed E-state index contributed by atoms with van der Waals surface area (Å²) in [5.74, 6) is 0. The highest BCUT2D eigenvalue weighted by molar-refractivity contribution is 4.72. The smallest absolute Gasteiger partial charge is 0.0897 e. The number of ether oxygens (including phenoxy) is 3. The standard InChI is InChI=1S/C14H30N2O4/c1-12(2)19-7-6-18-11-13(17)8-15-9-14-10-16(3)4-5-20-14/h12-15,17H,4-11H2,1-3H3. The maximum absolute atomic E-state index is 9.76. The Morgan fingerprint density at radius 3 is 2.90 bits per heavy atom. The van der Waals surface area contributed by atoms with E-state index in [0.29, 0.717) is 26.4 Å². The van der Waals surface area contributed by atoms with Crippen LogP contribution in [0.2, 0.25) is 0 Å². The Morgan fingerprint density at radius 1 is 1.40 bits per heavy atom. The molecule has 1 aliphatic rings. The highest BCUT2D eigenvalue weighted by Gasteiger charge is 2.17. The summed E-state index contributed by atoms with van der Waals surface area (Å²) in [5, 5.41) is 13.0. The Bertz CT molecular complexity index is 241. The lowest BCUT2D eigenvalue weighted by Gasteiger charge is -2.30. The zero-order valence-corrected chi connectivity index (χ0v) is 13.0. The first kappa shape index (κ1) is 17.8. The number of aliphatic hydroxyl groups is 1. The molecule has 1 aliphatic heterocycles. The van der Waals surface area contributed by atoms with E-state index >= 15 is 0 Å². The molecule has 1 saturated heterocycles. The Labute approximate surface area is 122 Å². The van der Waals surface area contributed by atoms with Crippen LogP contribution in [0.3, 0.4) is 0 Å². The molecule has 1 rings (SSSR count). The van der Waals surface area contributed by atoms with Crippen molar-refractivity contribution in [2.24, 2.45) is 0 Å². The molecule has 0 spiro atoms. The normalized spacial score (nSPS) is 22.4. The van der Waals surface area contributed by atoms with Crippen molar-refractivity contribution < 1.29 is 19.3 Å². The molecule has 0 amide bonds. The lowest BCUT2D eigenvalue weighted by molar-refractivity contribution is -0.0241. The van der Waals surface area contributed by atoms with Crippen LogP contribution in [-0.2, 0) is 14.2 Å². The number of rotatable bonds is 10. The van der Waals surface area contributed by atoms with Crippen LogP contribution in [-0.4, -0.2) is 88.0 Å². The van der Waals surface area contributed by atoms with Gasteiger partial charge in [-0.25, -0.2) is 0 Å². The van der Waals surface area contributed by atoms with Crippen LogP contribution in [0, 0.1) is 0 Å². The third kappa shape index (κ3) is 8.84. The SMILES string of the molecule is CC(C)OCCOCC(O)CNCC1CN(C)CCO1. The van der Waals surface area contributed by atoms with Crippen LogP contribution in [0.1, 0.15) is 13.8 Å². The number of nitrogens with zero attached hydrogens (tertiary/aromatic N) is 1. The Balaban J connectivity index is 1.93. The van der Waals surface area contributed by atoms with Crippen LogP contribution < -0.4 is 5.32 Å². The monoisotopic (exact) mass is 290 g/mol. The molecular formula is C14H30N2O4. The number of likely N-dealkylation sites (N-methyl/N-ethyl adjacent to an activating group) is 1. The summed E-state index contributed by atoms with van der Waals surface area (Å²) in [6.07, 6.45) is -0.0597. The van der Waals surface area contributed by atoms with Gasteiger partial charge in [-0.1, -0.05) is 0 Å². The molecule has 2 atom stereocenters. The molecule has 120 valence electrons. The Kier molecular flexibility index (Phi) is 9.33. The first-order valence-corrected chi connectivity index (χ1v) is 7.46. The van der Waals surface area contributed by atoms with Gasteiger partial charge < -0.3 is 29.5 Å². The van der Waals surface area contributed by atoms with Gasteiger partial charge >= 0.3 is 0 Å². The molecule has 1 fully saturated rings. The minimum Gasteiger partial charge on any atom is -0.389 e. The predicted molar refractivity (Wildman–Crippen MR) is 78.0 cm³/mol. The van der Waals surface area contributed by atoms with Crippen LogP contribution in [0.15, 0.2) is 0 Å². The highest BCUT2D eigenvalue weighted by atomic mass is 16.5. The van der Waals surface area contributed by atoms with E-state index in [-0.39, 0.29) is 12.2 Å². The molecule has 2 N–H and O–H groups in total. The van der Waals surface area contributed by atoms with Crippen molar-refractivity contribution in [2.75, 3.05) is 59.7 Å². The van der Waals surface area contributed by atoms with Crippen molar-refractivity contribution in [2.45, 2.75) is 32.2 Å².